The van der Waals surface area contributed by atoms with Crippen LogP contribution in [0, 0.1) is 0 Å². The lowest BCUT2D eigenvalue weighted by Gasteiger charge is -2.15. The topological polar surface area (TPSA) is 49.3 Å². The van der Waals surface area contributed by atoms with Crippen molar-refractivity contribution in [2.75, 3.05) is 0 Å². The highest BCUT2D eigenvalue weighted by Gasteiger charge is 2.08. The second kappa shape index (κ2) is 4.32. The molecule has 9 heavy (non-hydrogen) atoms. The molecule has 54 valence electrons. The molecule has 0 aliphatic carbocycles. The molecule has 3 heteroatoms. The molecule has 0 saturated heterocycles. The van der Waals surface area contributed by atoms with Crippen LogP contribution < -0.4 is 5.32 Å². The normalized spacial score (nSPS) is 16.3. The molecular formula is C6H13NO2. The van der Waals surface area contributed by atoms with Gasteiger partial charge < -0.3 is 10.4 Å². The van der Waals surface area contributed by atoms with Gasteiger partial charge in [-0.25, -0.2) is 0 Å². The molecule has 0 fully saturated rings. The Morgan fingerprint density at radius 3 is 2.67 bits per heavy atom. The number of hydrogen-bond donors (Lipinski definition) is 2. The number of carbonyl (C=O) groups excluding carboxylic acids is 1. The molecule has 0 radical (unpaired) electrons. The Morgan fingerprint density at radius 2 is 2.33 bits per heavy atom. The van der Waals surface area contributed by atoms with E-state index in [9.17, 15) is 4.79 Å². The van der Waals surface area contributed by atoms with E-state index in [-0.39, 0.29) is 6.04 Å². The van der Waals surface area contributed by atoms with Gasteiger partial charge in [0.2, 0.25) is 6.41 Å². The average molecular weight is 131 g/mol. The molecule has 0 aliphatic rings. The van der Waals surface area contributed by atoms with Crippen LogP contribution in [0.3, 0.4) is 0 Å². The smallest absolute Gasteiger partial charge is 0.207 e. The summed E-state index contributed by atoms with van der Waals surface area (Å²) in [5, 5.41) is 11.5. The van der Waals surface area contributed by atoms with Crippen molar-refractivity contribution in [2.45, 2.75) is 32.4 Å². The van der Waals surface area contributed by atoms with Crippen LogP contribution >= 0.6 is 0 Å². The first-order chi connectivity index (χ1) is 4.22. The maximum absolute atomic E-state index is 9.81. The molecule has 0 heterocycles. The Morgan fingerprint density at radius 1 is 1.78 bits per heavy atom. The lowest BCUT2D eigenvalue weighted by atomic mass is 10.1. The Balaban J connectivity index is 3.44. The Labute approximate surface area is 55.1 Å². The zero-order chi connectivity index (χ0) is 7.28. The molecule has 2 atom stereocenters. The van der Waals surface area contributed by atoms with Crippen LogP contribution in [0.15, 0.2) is 0 Å². The van der Waals surface area contributed by atoms with Crippen molar-refractivity contribution in [3.8, 4) is 0 Å². The summed E-state index contributed by atoms with van der Waals surface area (Å²) in [5.41, 5.74) is 0. The van der Waals surface area contributed by atoms with Gasteiger partial charge in [0, 0.05) is 0 Å². The number of aliphatic hydroxyl groups is 1. The second-order valence-corrected chi connectivity index (χ2v) is 2.05. The van der Waals surface area contributed by atoms with Crippen molar-refractivity contribution in [2.24, 2.45) is 0 Å². The van der Waals surface area contributed by atoms with Crippen LogP contribution in [-0.4, -0.2) is 23.7 Å². The number of rotatable bonds is 4. The highest BCUT2D eigenvalue weighted by atomic mass is 16.3. The van der Waals surface area contributed by atoms with Crippen molar-refractivity contribution < 1.29 is 9.90 Å². The van der Waals surface area contributed by atoms with Gasteiger partial charge in [0.25, 0.3) is 0 Å². The van der Waals surface area contributed by atoms with E-state index in [1.807, 2.05) is 6.92 Å². The summed E-state index contributed by atoms with van der Waals surface area (Å²) in [6.45, 7) is 3.64. The minimum Gasteiger partial charge on any atom is -0.391 e. The Hall–Kier alpha value is -0.570. The van der Waals surface area contributed by atoms with Gasteiger partial charge in [-0.15, -0.1) is 0 Å². The zero-order valence-electron chi connectivity index (χ0n) is 5.79. The number of aliphatic hydroxyl groups excluding tert-OH is 1. The fraction of sp³-hybridized carbons (Fsp3) is 0.833. The zero-order valence-corrected chi connectivity index (χ0v) is 5.79. The van der Waals surface area contributed by atoms with Crippen molar-refractivity contribution in [3.63, 3.8) is 0 Å². The molecule has 2 N–H and O–H groups in total. The maximum Gasteiger partial charge on any atom is 0.207 e. The molecule has 0 spiro atoms. The van der Waals surface area contributed by atoms with E-state index in [0.29, 0.717) is 12.8 Å². The minimum atomic E-state index is -0.421. The quantitative estimate of drug-likeness (QED) is 0.523. The van der Waals surface area contributed by atoms with Crippen molar-refractivity contribution in [1.82, 2.24) is 5.32 Å². The van der Waals surface area contributed by atoms with Gasteiger partial charge in [-0.3, -0.25) is 4.79 Å². The predicted octanol–water partition coefficient (Wildman–Crippen LogP) is -0.108. The summed E-state index contributed by atoms with van der Waals surface area (Å²) in [4.78, 5) is 9.81. The Bertz CT molecular complexity index is 85.1. The first-order valence-electron chi connectivity index (χ1n) is 3.10. The van der Waals surface area contributed by atoms with Crippen LogP contribution in [0.5, 0.6) is 0 Å². The fourth-order valence-corrected chi connectivity index (χ4v) is 0.572. The molecule has 0 aliphatic heterocycles. The lowest BCUT2D eigenvalue weighted by molar-refractivity contribution is -0.110. The third-order valence-electron chi connectivity index (χ3n) is 1.33. The van der Waals surface area contributed by atoms with Gasteiger partial charge in [-0.05, 0) is 13.3 Å². The summed E-state index contributed by atoms with van der Waals surface area (Å²) in [6, 6.07) is -0.132. The lowest BCUT2D eigenvalue weighted by Crippen LogP contribution is -2.35. The van der Waals surface area contributed by atoms with Crippen LogP contribution in [0.1, 0.15) is 20.3 Å². The number of nitrogens with one attached hydrogen (secondary N) is 1. The van der Waals surface area contributed by atoms with Gasteiger partial charge in [0.15, 0.2) is 0 Å². The fourth-order valence-electron chi connectivity index (χ4n) is 0.572. The standard InChI is InChI=1S/C6H13NO2/c1-3-6(9)5(2)7-4-8/h4-6,9H,3H2,1-2H3,(H,7,8)/t5-,6+/m0/s1. The van der Waals surface area contributed by atoms with E-state index in [1.165, 1.54) is 0 Å². The van der Waals surface area contributed by atoms with Crippen molar-refractivity contribution in [3.05, 3.63) is 0 Å². The molecule has 0 aromatic carbocycles. The van der Waals surface area contributed by atoms with Crippen LogP contribution in [0.25, 0.3) is 0 Å². The second-order valence-electron chi connectivity index (χ2n) is 2.05. The maximum atomic E-state index is 9.81. The molecule has 0 rings (SSSR count). The van der Waals surface area contributed by atoms with E-state index >= 15 is 0 Å². The van der Waals surface area contributed by atoms with E-state index in [2.05, 4.69) is 5.32 Å². The average Bonchev–Trinajstić information content (AvgIpc) is 1.87. The van der Waals surface area contributed by atoms with Gasteiger partial charge in [-0.1, -0.05) is 6.92 Å². The van der Waals surface area contributed by atoms with E-state index in [4.69, 9.17) is 5.11 Å². The first-order valence-corrected chi connectivity index (χ1v) is 3.10. The minimum absolute atomic E-state index is 0.132. The van der Waals surface area contributed by atoms with E-state index < -0.39 is 6.10 Å². The summed E-state index contributed by atoms with van der Waals surface area (Å²) >= 11 is 0. The molecule has 1 amide bonds. The van der Waals surface area contributed by atoms with E-state index in [1.54, 1.807) is 6.92 Å². The number of amides is 1. The van der Waals surface area contributed by atoms with Gasteiger partial charge in [-0.2, -0.15) is 0 Å². The van der Waals surface area contributed by atoms with Gasteiger partial charge in [0.1, 0.15) is 0 Å². The van der Waals surface area contributed by atoms with Crippen LogP contribution in [0.2, 0.25) is 0 Å². The summed E-state index contributed by atoms with van der Waals surface area (Å²) in [7, 11) is 0. The SMILES string of the molecule is CC[C@@H](O)[C@H](C)NC=O. The summed E-state index contributed by atoms with van der Waals surface area (Å²) in [6.07, 6.45) is 0.848. The number of hydrogen-bond acceptors (Lipinski definition) is 2. The molecule has 3 nitrogen and oxygen atoms in total. The predicted molar refractivity (Wildman–Crippen MR) is 35.0 cm³/mol. The van der Waals surface area contributed by atoms with Gasteiger partial charge >= 0.3 is 0 Å². The monoisotopic (exact) mass is 131 g/mol. The molecule has 0 aromatic rings. The van der Waals surface area contributed by atoms with E-state index in [0.717, 1.165) is 0 Å². The summed E-state index contributed by atoms with van der Waals surface area (Å²) in [5.74, 6) is 0. The van der Waals surface area contributed by atoms with Crippen LogP contribution in [-0.2, 0) is 4.79 Å². The van der Waals surface area contributed by atoms with Crippen molar-refractivity contribution in [1.29, 1.82) is 0 Å². The third kappa shape index (κ3) is 3.08. The van der Waals surface area contributed by atoms with Gasteiger partial charge in [0.05, 0.1) is 12.1 Å². The molecule has 0 aromatic heterocycles. The Kier molecular flexibility index (Phi) is 4.05. The molecular weight excluding hydrogens is 118 g/mol. The highest BCUT2D eigenvalue weighted by Crippen LogP contribution is 1.94. The molecule has 0 bridgehead atoms. The van der Waals surface area contributed by atoms with Crippen LogP contribution in [0.4, 0.5) is 0 Å². The van der Waals surface area contributed by atoms with Crippen molar-refractivity contribution >= 4 is 6.41 Å². The molecule has 0 saturated carbocycles. The highest BCUT2D eigenvalue weighted by molar-refractivity contribution is 5.46. The molecule has 0 unspecified atom stereocenters. The largest absolute Gasteiger partial charge is 0.391 e. The third-order valence-corrected chi connectivity index (χ3v) is 1.33. The first kappa shape index (κ1) is 8.43. The summed E-state index contributed by atoms with van der Waals surface area (Å²) < 4.78 is 0. The number of carbonyl (C=O) groups is 1.